The summed E-state index contributed by atoms with van der Waals surface area (Å²) >= 11 is 0. The molecule has 0 saturated heterocycles. The lowest BCUT2D eigenvalue weighted by Gasteiger charge is -2.08. The molecule has 5 nitrogen and oxygen atoms in total. The number of rotatable bonds is 9. The molecule has 0 amide bonds. The molecule has 1 aromatic rings. The molecule has 0 aliphatic rings. The van der Waals surface area contributed by atoms with E-state index in [1.54, 1.807) is 7.11 Å². The molecule has 2 N–H and O–H groups in total. The molecule has 1 aromatic carbocycles. The van der Waals surface area contributed by atoms with E-state index >= 15 is 0 Å². The van der Waals surface area contributed by atoms with E-state index < -0.39 is 10.0 Å². The fourth-order valence-corrected chi connectivity index (χ4v) is 2.50. The molecular formula is C13H22N2O3S. The predicted octanol–water partition coefficient (Wildman–Crippen LogP) is 1.11. The number of methoxy groups -OCH3 is 1. The van der Waals surface area contributed by atoms with E-state index in [4.69, 9.17) is 4.74 Å². The third-order valence-corrected chi connectivity index (χ3v) is 3.93. The summed E-state index contributed by atoms with van der Waals surface area (Å²) in [6, 6.07) is 7.34. The number of benzene rings is 1. The maximum atomic E-state index is 11.7. The average Bonchev–Trinajstić information content (AvgIpc) is 2.42. The zero-order valence-electron chi connectivity index (χ0n) is 11.5. The van der Waals surface area contributed by atoms with Crippen LogP contribution >= 0.6 is 0 Å². The smallest absolute Gasteiger partial charge is 0.213 e. The van der Waals surface area contributed by atoms with Crippen molar-refractivity contribution in [1.82, 2.24) is 10.0 Å². The SMILES string of the molecule is CCCNCCS(=O)(=O)NCc1cccc(OC)c1. The molecule has 0 aliphatic heterocycles. The van der Waals surface area contributed by atoms with Crippen LogP contribution in [0.5, 0.6) is 5.75 Å². The van der Waals surface area contributed by atoms with Gasteiger partial charge in [0.05, 0.1) is 12.9 Å². The van der Waals surface area contributed by atoms with Gasteiger partial charge in [-0.15, -0.1) is 0 Å². The summed E-state index contributed by atoms with van der Waals surface area (Å²) in [6.45, 7) is 3.64. The predicted molar refractivity (Wildman–Crippen MR) is 76.8 cm³/mol. The first-order valence-electron chi connectivity index (χ1n) is 6.38. The summed E-state index contributed by atoms with van der Waals surface area (Å²) in [6.07, 6.45) is 0.997. The summed E-state index contributed by atoms with van der Waals surface area (Å²) in [5.74, 6) is 0.818. The quantitative estimate of drug-likeness (QED) is 0.667. The van der Waals surface area contributed by atoms with Crippen molar-refractivity contribution in [3.05, 3.63) is 29.8 Å². The molecular weight excluding hydrogens is 264 g/mol. The molecule has 1 rings (SSSR count). The van der Waals surface area contributed by atoms with Gasteiger partial charge in [-0.25, -0.2) is 13.1 Å². The van der Waals surface area contributed by atoms with Crippen LogP contribution < -0.4 is 14.8 Å². The van der Waals surface area contributed by atoms with Gasteiger partial charge in [-0.2, -0.15) is 0 Å². The first kappa shape index (κ1) is 15.9. The Morgan fingerprint density at radius 1 is 1.26 bits per heavy atom. The molecule has 19 heavy (non-hydrogen) atoms. The molecule has 108 valence electrons. The highest BCUT2D eigenvalue weighted by atomic mass is 32.2. The Balaban J connectivity index is 2.41. The van der Waals surface area contributed by atoms with Crippen molar-refractivity contribution in [2.24, 2.45) is 0 Å². The van der Waals surface area contributed by atoms with Crippen LogP contribution in [0, 0.1) is 0 Å². The highest BCUT2D eigenvalue weighted by Gasteiger charge is 2.09. The largest absolute Gasteiger partial charge is 0.497 e. The lowest BCUT2D eigenvalue weighted by Crippen LogP contribution is -2.31. The van der Waals surface area contributed by atoms with Crippen LogP contribution in [-0.2, 0) is 16.6 Å². The van der Waals surface area contributed by atoms with Crippen molar-refractivity contribution >= 4 is 10.0 Å². The van der Waals surface area contributed by atoms with E-state index in [0.717, 1.165) is 24.3 Å². The van der Waals surface area contributed by atoms with Crippen molar-refractivity contribution in [2.45, 2.75) is 19.9 Å². The van der Waals surface area contributed by atoms with Crippen LogP contribution in [0.25, 0.3) is 0 Å². The van der Waals surface area contributed by atoms with Crippen LogP contribution in [0.15, 0.2) is 24.3 Å². The molecule has 0 bridgehead atoms. The van der Waals surface area contributed by atoms with Gasteiger partial charge >= 0.3 is 0 Å². The van der Waals surface area contributed by atoms with Crippen molar-refractivity contribution in [2.75, 3.05) is 26.0 Å². The number of hydrogen-bond donors (Lipinski definition) is 2. The Morgan fingerprint density at radius 3 is 2.74 bits per heavy atom. The van der Waals surface area contributed by atoms with Crippen LogP contribution in [-0.4, -0.2) is 34.4 Å². The molecule has 0 spiro atoms. The van der Waals surface area contributed by atoms with Crippen molar-refractivity contribution in [1.29, 1.82) is 0 Å². The summed E-state index contributed by atoms with van der Waals surface area (Å²) in [7, 11) is -1.65. The Hall–Kier alpha value is -1.11. The third-order valence-electron chi connectivity index (χ3n) is 2.60. The van der Waals surface area contributed by atoms with E-state index in [1.165, 1.54) is 0 Å². The Labute approximate surface area is 115 Å². The van der Waals surface area contributed by atoms with Gasteiger partial charge in [0.25, 0.3) is 0 Å². The van der Waals surface area contributed by atoms with Gasteiger partial charge in [0, 0.05) is 13.1 Å². The van der Waals surface area contributed by atoms with Gasteiger partial charge in [0.2, 0.25) is 10.0 Å². The summed E-state index contributed by atoms with van der Waals surface area (Å²) < 4.78 is 31.1. The second kappa shape index (κ2) is 8.14. The highest BCUT2D eigenvalue weighted by molar-refractivity contribution is 7.89. The first-order chi connectivity index (χ1) is 9.07. The number of nitrogens with one attached hydrogen (secondary N) is 2. The highest BCUT2D eigenvalue weighted by Crippen LogP contribution is 2.12. The minimum atomic E-state index is -3.23. The zero-order chi connectivity index (χ0) is 14.1. The van der Waals surface area contributed by atoms with Crippen molar-refractivity contribution < 1.29 is 13.2 Å². The average molecular weight is 286 g/mol. The van der Waals surface area contributed by atoms with Crippen LogP contribution in [0.3, 0.4) is 0 Å². The maximum absolute atomic E-state index is 11.7. The lowest BCUT2D eigenvalue weighted by atomic mass is 10.2. The minimum Gasteiger partial charge on any atom is -0.497 e. The zero-order valence-corrected chi connectivity index (χ0v) is 12.3. The minimum absolute atomic E-state index is 0.0942. The monoisotopic (exact) mass is 286 g/mol. The van der Waals surface area contributed by atoms with Crippen molar-refractivity contribution in [3.63, 3.8) is 0 Å². The second-order valence-electron chi connectivity index (χ2n) is 4.24. The summed E-state index contributed by atoms with van der Waals surface area (Å²) in [5, 5.41) is 3.07. The number of hydrogen-bond acceptors (Lipinski definition) is 4. The van der Waals surface area contributed by atoms with Gasteiger partial charge in [-0.05, 0) is 30.7 Å². The van der Waals surface area contributed by atoms with Crippen molar-refractivity contribution in [3.8, 4) is 5.75 Å². The normalized spacial score (nSPS) is 11.5. The van der Waals surface area contributed by atoms with Crippen LogP contribution in [0.4, 0.5) is 0 Å². The van der Waals surface area contributed by atoms with E-state index in [2.05, 4.69) is 10.0 Å². The molecule has 0 saturated carbocycles. The fraction of sp³-hybridized carbons (Fsp3) is 0.538. The molecule has 0 unspecified atom stereocenters. The van der Waals surface area contributed by atoms with Gasteiger partial charge in [-0.3, -0.25) is 0 Å². The molecule has 0 heterocycles. The molecule has 0 atom stereocenters. The Bertz CT molecular complexity index is 475. The standard InChI is InChI=1S/C13H22N2O3S/c1-3-7-14-8-9-19(16,17)15-11-12-5-4-6-13(10-12)18-2/h4-6,10,14-15H,3,7-9,11H2,1-2H3. The van der Waals surface area contributed by atoms with Gasteiger partial charge in [0.15, 0.2) is 0 Å². The fourth-order valence-electron chi connectivity index (χ4n) is 1.56. The first-order valence-corrected chi connectivity index (χ1v) is 8.03. The number of ether oxygens (including phenoxy) is 1. The van der Waals surface area contributed by atoms with Crippen LogP contribution in [0.2, 0.25) is 0 Å². The van der Waals surface area contributed by atoms with E-state index in [1.807, 2.05) is 31.2 Å². The van der Waals surface area contributed by atoms with E-state index in [0.29, 0.717) is 6.54 Å². The Morgan fingerprint density at radius 2 is 2.05 bits per heavy atom. The van der Waals surface area contributed by atoms with Gasteiger partial charge in [0.1, 0.15) is 5.75 Å². The third kappa shape index (κ3) is 6.56. The molecule has 0 fully saturated rings. The Kier molecular flexibility index (Phi) is 6.83. The lowest BCUT2D eigenvalue weighted by molar-refractivity contribution is 0.414. The molecule has 0 aliphatic carbocycles. The van der Waals surface area contributed by atoms with Crippen LogP contribution in [0.1, 0.15) is 18.9 Å². The molecule has 0 aromatic heterocycles. The summed E-state index contributed by atoms with van der Waals surface area (Å²) in [4.78, 5) is 0. The topological polar surface area (TPSA) is 67.4 Å². The van der Waals surface area contributed by atoms with Gasteiger partial charge < -0.3 is 10.1 Å². The number of sulfonamides is 1. The van der Waals surface area contributed by atoms with Gasteiger partial charge in [-0.1, -0.05) is 19.1 Å². The molecule has 6 heteroatoms. The van der Waals surface area contributed by atoms with E-state index in [-0.39, 0.29) is 12.3 Å². The molecule has 0 radical (unpaired) electrons. The second-order valence-corrected chi connectivity index (χ2v) is 6.17. The summed E-state index contributed by atoms with van der Waals surface area (Å²) in [5.41, 5.74) is 0.879. The van der Waals surface area contributed by atoms with E-state index in [9.17, 15) is 8.42 Å². The maximum Gasteiger partial charge on any atom is 0.213 e.